The lowest BCUT2D eigenvalue weighted by Crippen LogP contribution is -2.47. The van der Waals surface area contributed by atoms with Crippen molar-refractivity contribution in [3.63, 3.8) is 0 Å². The molecule has 1 aromatic carbocycles. The Hall–Kier alpha value is -1.42. The van der Waals surface area contributed by atoms with Gasteiger partial charge in [0.1, 0.15) is 5.69 Å². The minimum atomic E-state index is 0.104. The number of benzene rings is 1. The van der Waals surface area contributed by atoms with Crippen LogP contribution in [0.2, 0.25) is 0 Å². The summed E-state index contributed by atoms with van der Waals surface area (Å²) in [6.07, 6.45) is 4.39. The first kappa shape index (κ1) is 13.3. The monoisotopic (exact) mass is 344 g/mol. The average Bonchev–Trinajstić information content (AvgIpc) is 2.78. The molecule has 4 heteroatoms. The maximum absolute atomic E-state index is 12.9. The number of piperidine rings is 1. The maximum atomic E-state index is 12.9. The molecule has 3 nitrogen and oxygen atoms in total. The van der Waals surface area contributed by atoms with E-state index in [1.807, 2.05) is 36.4 Å². The number of rotatable bonds is 1. The molecule has 0 radical (unpaired) electrons. The second-order valence-electron chi connectivity index (χ2n) is 6.06. The molecule has 2 aromatic rings. The van der Waals surface area contributed by atoms with Gasteiger partial charge in [-0.2, -0.15) is 0 Å². The number of hydrogen-bond acceptors (Lipinski definition) is 2. The second kappa shape index (κ2) is 5.09. The van der Waals surface area contributed by atoms with Crippen LogP contribution in [0.1, 0.15) is 36.2 Å². The quantitative estimate of drug-likeness (QED) is 0.738. The summed E-state index contributed by atoms with van der Waals surface area (Å²) in [5, 5.41) is 1.08. The first-order valence-corrected chi connectivity index (χ1v) is 8.46. The Bertz CT molecular complexity index is 688. The van der Waals surface area contributed by atoms with E-state index in [0.717, 1.165) is 36.6 Å². The summed E-state index contributed by atoms with van der Waals surface area (Å²) in [7, 11) is 0. The molecule has 2 fully saturated rings. The van der Waals surface area contributed by atoms with Crippen LogP contribution in [0.4, 0.5) is 0 Å². The van der Waals surface area contributed by atoms with Gasteiger partial charge in [0.15, 0.2) is 0 Å². The summed E-state index contributed by atoms with van der Waals surface area (Å²) in [5.41, 5.74) is 1.48. The second-order valence-corrected chi connectivity index (χ2v) is 7.35. The Balaban J connectivity index is 1.67. The number of aromatic nitrogens is 1. The van der Waals surface area contributed by atoms with Gasteiger partial charge in [-0.15, -0.1) is 0 Å². The van der Waals surface area contributed by atoms with Crippen molar-refractivity contribution in [2.24, 2.45) is 0 Å². The zero-order chi connectivity index (χ0) is 14.4. The van der Waals surface area contributed by atoms with Gasteiger partial charge in [0.2, 0.25) is 0 Å². The van der Waals surface area contributed by atoms with E-state index in [4.69, 9.17) is 0 Å². The lowest BCUT2D eigenvalue weighted by atomic mass is 10.0. The fourth-order valence-corrected chi connectivity index (χ4v) is 4.62. The molecule has 108 valence electrons. The van der Waals surface area contributed by atoms with Crippen molar-refractivity contribution in [1.29, 1.82) is 0 Å². The molecule has 3 heterocycles. The van der Waals surface area contributed by atoms with Gasteiger partial charge < -0.3 is 4.90 Å². The van der Waals surface area contributed by atoms with Crippen LogP contribution in [-0.4, -0.2) is 32.7 Å². The minimum absolute atomic E-state index is 0.104. The van der Waals surface area contributed by atoms with Gasteiger partial charge in [-0.1, -0.05) is 40.2 Å². The van der Waals surface area contributed by atoms with E-state index in [2.05, 4.69) is 25.8 Å². The molecule has 2 unspecified atom stereocenters. The first-order chi connectivity index (χ1) is 10.2. The van der Waals surface area contributed by atoms with Gasteiger partial charge >= 0.3 is 0 Å². The highest BCUT2D eigenvalue weighted by Crippen LogP contribution is 2.39. The molecule has 0 saturated carbocycles. The highest BCUT2D eigenvalue weighted by atomic mass is 79.9. The van der Waals surface area contributed by atoms with Gasteiger partial charge in [-0.3, -0.25) is 4.79 Å². The van der Waals surface area contributed by atoms with Crippen molar-refractivity contribution < 1.29 is 4.79 Å². The highest BCUT2D eigenvalue weighted by Gasteiger charge is 2.43. The zero-order valence-electron chi connectivity index (χ0n) is 11.7. The third-order valence-corrected chi connectivity index (χ3v) is 5.48. The largest absolute Gasteiger partial charge is 0.331 e. The Kier molecular flexibility index (Phi) is 3.21. The lowest BCUT2D eigenvalue weighted by Gasteiger charge is -2.37. The smallest absolute Gasteiger partial charge is 0.272 e. The number of carbonyl (C=O) groups excluding carboxylic acids is 1. The summed E-state index contributed by atoms with van der Waals surface area (Å²) in [4.78, 5) is 20.1. The van der Waals surface area contributed by atoms with Crippen molar-refractivity contribution in [2.45, 2.75) is 42.6 Å². The number of halogens is 1. The molecule has 21 heavy (non-hydrogen) atoms. The standard InChI is InChI=1S/C17H17BrN2O/c18-12-9-13-6-7-14(10-12)20(13)17(21)16-8-5-11-3-1-2-4-15(11)19-16/h1-5,8,12-14H,6-7,9-10H2. The van der Waals surface area contributed by atoms with Gasteiger partial charge in [-0.05, 0) is 37.8 Å². The van der Waals surface area contributed by atoms with E-state index in [1.165, 1.54) is 0 Å². The molecule has 2 saturated heterocycles. The molecule has 1 aromatic heterocycles. The molecule has 2 atom stereocenters. The van der Waals surface area contributed by atoms with Crippen LogP contribution in [0.25, 0.3) is 10.9 Å². The minimum Gasteiger partial charge on any atom is -0.331 e. The van der Waals surface area contributed by atoms with E-state index >= 15 is 0 Å². The van der Waals surface area contributed by atoms with Crippen molar-refractivity contribution >= 4 is 32.7 Å². The number of fused-ring (bicyclic) bond motifs is 3. The lowest BCUT2D eigenvalue weighted by molar-refractivity contribution is 0.0598. The number of pyridine rings is 1. The van der Waals surface area contributed by atoms with E-state index < -0.39 is 0 Å². The van der Waals surface area contributed by atoms with Crippen LogP contribution in [0.15, 0.2) is 36.4 Å². The average molecular weight is 345 g/mol. The molecule has 2 aliphatic rings. The Labute approximate surface area is 132 Å². The van der Waals surface area contributed by atoms with E-state index in [-0.39, 0.29) is 5.91 Å². The molecule has 2 bridgehead atoms. The number of alkyl halides is 1. The molecular formula is C17H17BrN2O. The van der Waals surface area contributed by atoms with Gasteiger partial charge in [0, 0.05) is 22.3 Å². The number of carbonyl (C=O) groups is 1. The summed E-state index contributed by atoms with van der Waals surface area (Å²) < 4.78 is 0. The molecular weight excluding hydrogens is 328 g/mol. The third kappa shape index (κ3) is 2.26. The van der Waals surface area contributed by atoms with Gasteiger partial charge in [0.25, 0.3) is 5.91 Å². The van der Waals surface area contributed by atoms with Gasteiger partial charge in [0.05, 0.1) is 5.52 Å². The fraction of sp³-hybridized carbons (Fsp3) is 0.412. The van der Waals surface area contributed by atoms with Crippen molar-refractivity contribution in [3.05, 3.63) is 42.1 Å². The summed E-state index contributed by atoms with van der Waals surface area (Å²) in [6.45, 7) is 0. The summed E-state index contributed by atoms with van der Waals surface area (Å²) in [6, 6.07) is 12.6. The van der Waals surface area contributed by atoms with E-state index in [9.17, 15) is 4.79 Å². The zero-order valence-corrected chi connectivity index (χ0v) is 13.3. The van der Waals surface area contributed by atoms with Crippen LogP contribution in [-0.2, 0) is 0 Å². The van der Waals surface area contributed by atoms with Crippen molar-refractivity contribution in [3.8, 4) is 0 Å². The van der Waals surface area contributed by atoms with Crippen LogP contribution >= 0.6 is 15.9 Å². The van der Waals surface area contributed by atoms with Crippen LogP contribution in [0.5, 0.6) is 0 Å². The predicted octanol–water partition coefficient (Wildman–Crippen LogP) is 3.77. The summed E-state index contributed by atoms with van der Waals surface area (Å²) in [5.74, 6) is 0.104. The molecule has 1 amide bonds. The first-order valence-electron chi connectivity index (χ1n) is 7.55. The molecule has 2 aliphatic heterocycles. The van der Waals surface area contributed by atoms with Crippen LogP contribution in [0, 0.1) is 0 Å². The molecule has 0 spiro atoms. The highest BCUT2D eigenvalue weighted by molar-refractivity contribution is 9.09. The van der Waals surface area contributed by atoms with Crippen LogP contribution in [0.3, 0.4) is 0 Å². The normalized spacial score (nSPS) is 28.0. The van der Waals surface area contributed by atoms with Crippen LogP contribution < -0.4 is 0 Å². The van der Waals surface area contributed by atoms with Crippen molar-refractivity contribution in [1.82, 2.24) is 9.88 Å². The fourth-order valence-electron chi connectivity index (χ4n) is 3.76. The topological polar surface area (TPSA) is 33.2 Å². The number of para-hydroxylation sites is 1. The summed E-state index contributed by atoms with van der Waals surface area (Å²) >= 11 is 3.72. The molecule has 0 aliphatic carbocycles. The maximum Gasteiger partial charge on any atom is 0.272 e. The van der Waals surface area contributed by atoms with Crippen molar-refractivity contribution in [2.75, 3.05) is 0 Å². The predicted molar refractivity (Wildman–Crippen MR) is 86.7 cm³/mol. The molecule has 4 rings (SSSR count). The Morgan fingerprint density at radius 1 is 1.10 bits per heavy atom. The Morgan fingerprint density at radius 3 is 2.57 bits per heavy atom. The Morgan fingerprint density at radius 2 is 1.81 bits per heavy atom. The number of hydrogen-bond donors (Lipinski definition) is 0. The third-order valence-electron chi connectivity index (χ3n) is 4.73. The van der Waals surface area contributed by atoms with E-state index in [0.29, 0.717) is 22.6 Å². The molecule has 0 N–H and O–H groups in total. The SMILES string of the molecule is O=C(c1ccc2ccccc2n1)N1C2CCC1CC(Br)C2. The van der Waals surface area contributed by atoms with Gasteiger partial charge in [-0.25, -0.2) is 4.98 Å². The number of amides is 1. The number of nitrogens with zero attached hydrogens (tertiary/aromatic N) is 2. The van der Waals surface area contributed by atoms with E-state index in [1.54, 1.807) is 0 Å².